The van der Waals surface area contributed by atoms with Crippen LogP contribution >= 0.6 is 0 Å². The largest absolute Gasteiger partial charge is 0.455 e. The summed E-state index contributed by atoms with van der Waals surface area (Å²) in [5, 5.41) is 0. The summed E-state index contributed by atoms with van der Waals surface area (Å²) in [4.78, 5) is 26.0. The molecule has 34 heavy (non-hydrogen) atoms. The predicted molar refractivity (Wildman–Crippen MR) is 128 cm³/mol. The first-order valence-corrected chi connectivity index (χ1v) is 12.3. The summed E-state index contributed by atoms with van der Waals surface area (Å²) in [5.74, 6) is 1.28. The van der Waals surface area contributed by atoms with Gasteiger partial charge in [0.2, 0.25) is 0 Å². The van der Waals surface area contributed by atoms with Crippen molar-refractivity contribution >= 4 is 11.9 Å². The minimum atomic E-state index is -0.402. The Balaban J connectivity index is 1.26. The molecule has 3 aromatic rings. The van der Waals surface area contributed by atoms with Crippen molar-refractivity contribution in [3.8, 4) is 0 Å². The molecular formula is C30H28O4. The maximum absolute atomic E-state index is 13.0. The van der Waals surface area contributed by atoms with Crippen LogP contribution in [0.3, 0.4) is 0 Å². The Morgan fingerprint density at radius 1 is 0.529 bits per heavy atom. The van der Waals surface area contributed by atoms with E-state index < -0.39 is 12.2 Å². The van der Waals surface area contributed by atoms with Crippen LogP contribution in [0.25, 0.3) is 0 Å². The Hall–Kier alpha value is -3.40. The summed E-state index contributed by atoms with van der Waals surface area (Å²) < 4.78 is 12.2. The molecule has 3 aliphatic carbocycles. The molecule has 6 atom stereocenters. The molecule has 3 aromatic carbocycles. The van der Waals surface area contributed by atoms with E-state index in [1.807, 2.05) is 36.4 Å². The SMILES string of the molecule is O=C(OC1C2CC(C3CC(c4ccccc4)CC32)C1OC(=O)c1ccccc1)c1ccccc1. The zero-order valence-corrected chi connectivity index (χ0v) is 19.0. The summed E-state index contributed by atoms with van der Waals surface area (Å²) in [6, 6.07) is 28.9. The molecule has 0 N–H and O–H groups in total. The second-order valence-electron chi connectivity index (χ2n) is 9.94. The maximum atomic E-state index is 13.0. The lowest BCUT2D eigenvalue weighted by Gasteiger charge is -2.37. The van der Waals surface area contributed by atoms with Gasteiger partial charge >= 0.3 is 11.9 Å². The molecule has 172 valence electrons. The minimum Gasteiger partial charge on any atom is -0.455 e. The number of hydrogen-bond donors (Lipinski definition) is 0. The first kappa shape index (κ1) is 21.2. The van der Waals surface area contributed by atoms with Gasteiger partial charge in [-0.1, -0.05) is 66.7 Å². The lowest BCUT2D eigenvalue weighted by molar-refractivity contribution is -0.0766. The summed E-state index contributed by atoms with van der Waals surface area (Å²) in [6.07, 6.45) is 2.36. The predicted octanol–water partition coefficient (Wildman–Crippen LogP) is 5.90. The molecule has 0 aromatic heterocycles. The normalized spacial score (nSPS) is 31.1. The highest BCUT2D eigenvalue weighted by atomic mass is 16.6. The molecule has 3 aliphatic rings. The highest BCUT2D eigenvalue weighted by Crippen LogP contribution is 2.63. The fraction of sp³-hybridized carbons (Fsp3) is 0.333. The highest BCUT2D eigenvalue weighted by Gasteiger charge is 2.63. The second kappa shape index (κ2) is 8.75. The van der Waals surface area contributed by atoms with E-state index in [1.165, 1.54) is 5.56 Å². The number of esters is 2. The summed E-state index contributed by atoms with van der Waals surface area (Å²) in [5.41, 5.74) is 2.44. The number of fused-ring (bicyclic) bond motifs is 5. The molecule has 4 heteroatoms. The van der Waals surface area contributed by atoms with Gasteiger partial charge in [0.05, 0.1) is 11.1 Å². The van der Waals surface area contributed by atoms with Crippen LogP contribution in [0.5, 0.6) is 0 Å². The van der Waals surface area contributed by atoms with Gasteiger partial charge in [-0.25, -0.2) is 9.59 Å². The van der Waals surface area contributed by atoms with E-state index in [-0.39, 0.29) is 23.8 Å². The van der Waals surface area contributed by atoms with Gasteiger partial charge in [-0.15, -0.1) is 0 Å². The summed E-state index contributed by atoms with van der Waals surface area (Å²) >= 11 is 0. The molecule has 6 unspecified atom stereocenters. The Labute approximate surface area is 199 Å². The Morgan fingerprint density at radius 3 is 1.38 bits per heavy atom. The molecule has 3 saturated carbocycles. The van der Waals surface area contributed by atoms with Gasteiger partial charge in [-0.3, -0.25) is 0 Å². The number of benzene rings is 3. The number of carbonyl (C=O) groups excluding carboxylic acids is 2. The molecular weight excluding hydrogens is 424 g/mol. The molecule has 0 heterocycles. The van der Waals surface area contributed by atoms with Gasteiger partial charge in [0, 0.05) is 11.8 Å². The number of hydrogen-bond acceptors (Lipinski definition) is 4. The molecule has 0 aliphatic heterocycles. The van der Waals surface area contributed by atoms with Crippen LogP contribution in [0.15, 0.2) is 91.0 Å². The quantitative estimate of drug-likeness (QED) is 0.453. The van der Waals surface area contributed by atoms with E-state index in [9.17, 15) is 9.59 Å². The van der Waals surface area contributed by atoms with E-state index in [0.29, 0.717) is 28.9 Å². The second-order valence-corrected chi connectivity index (χ2v) is 9.94. The van der Waals surface area contributed by atoms with Crippen molar-refractivity contribution in [2.45, 2.75) is 37.4 Å². The van der Waals surface area contributed by atoms with E-state index in [4.69, 9.17) is 9.47 Å². The van der Waals surface area contributed by atoms with Crippen LogP contribution in [0.1, 0.15) is 51.5 Å². The van der Waals surface area contributed by atoms with Gasteiger partial charge in [0.1, 0.15) is 12.2 Å². The average molecular weight is 453 g/mol. The third kappa shape index (κ3) is 3.71. The van der Waals surface area contributed by atoms with Crippen molar-refractivity contribution in [1.82, 2.24) is 0 Å². The third-order valence-electron chi connectivity index (χ3n) is 8.25. The smallest absolute Gasteiger partial charge is 0.338 e. The molecule has 2 bridgehead atoms. The van der Waals surface area contributed by atoms with Crippen molar-refractivity contribution < 1.29 is 19.1 Å². The highest BCUT2D eigenvalue weighted by molar-refractivity contribution is 5.90. The topological polar surface area (TPSA) is 52.6 Å². The summed E-state index contributed by atoms with van der Waals surface area (Å²) in [7, 11) is 0. The van der Waals surface area contributed by atoms with Gasteiger partial charge in [-0.2, -0.15) is 0 Å². The molecule has 6 rings (SSSR count). The first-order valence-electron chi connectivity index (χ1n) is 12.3. The van der Waals surface area contributed by atoms with Crippen molar-refractivity contribution in [1.29, 1.82) is 0 Å². The summed E-state index contributed by atoms with van der Waals surface area (Å²) in [6.45, 7) is 0. The minimum absolute atomic E-state index is 0.227. The number of rotatable bonds is 5. The number of ether oxygens (including phenoxy) is 2. The molecule has 4 nitrogen and oxygen atoms in total. The Bertz CT molecular complexity index is 1090. The van der Waals surface area contributed by atoms with Gasteiger partial charge in [0.25, 0.3) is 0 Å². The van der Waals surface area contributed by atoms with Crippen LogP contribution in [0, 0.1) is 23.7 Å². The first-order chi connectivity index (χ1) is 16.7. The lowest BCUT2D eigenvalue weighted by Crippen LogP contribution is -2.45. The molecule has 0 saturated heterocycles. The van der Waals surface area contributed by atoms with Gasteiger partial charge in [0.15, 0.2) is 0 Å². The Morgan fingerprint density at radius 2 is 0.941 bits per heavy atom. The van der Waals surface area contributed by atoms with E-state index >= 15 is 0 Å². The molecule has 0 amide bonds. The fourth-order valence-corrected chi connectivity index (χ4v) is 6.83. The van der Waals surface area contributed by atoms with Crippen LogP contribution in [-0.2, 0) is 9.47 Å². The maximum Gasteiger partial charge on any atom is 0.338 e. The van der Waals surface area contributed by atoms with E-state index in [0.717, 1.165) is 19.3 Å². The molecule has 0 radical (unpaired) electrons. The third-order valence-corrected chi connectivity index (χ3v) is 8.25. The molecule has 0 spiro atoms. The van der Waals surface area contributed by atoms with E-state index in [2.05, 4.69) is 30.3 Å². The van der Waals surface area contributed by atoms with Crippen molar-refractivity contribution in [2.24, 2.45) is 23.7 Å². The van der Waals surface area contributed by atoms with Crippen LogP contribution < -0.4 is 0 Å². The molecule has 3 fully saturated rings. The van der Waals surface area contributed by atoms with Crippen molar-refractivity contribution in [3.05, 3.63) is 108 Å². The van der Waals surface area contributed by atoms with Gasteiger partial charge in [-0.05, 0) is 66.8 Å². The standard InChI is InChI=1S/C30H28O4/c31-29(20-12-6-2-7-13-20)33-27-25-18-26(28(27)34-30(32)21-14-8-3-9-15-21)24-17-22(16-23(24)25)19-10-4-1-5-11-19/h1-15,22-28H,16-18H2. The Kier molecular flexibility index (Phi) is 5.44. The van der Waals surface area contributed by atoms with Crippen LogP contribution in [0.4, 0.5) is 0 Å². The fourth-order valence-electron chi connectivity index (χ4n) is 6.83. The van der Waals surface area contributed by atoms with Crippen molar-refractivity contribution in [3.63, 3.8) is 0 Å². The number of carbonyl (C=O) groups is 2. The van der Waals surface area contributed by atoms with Crippen molar-refractivity contribution in [2.75, 3.05) is 0 Å². The lowest BCUT2D eigenvalue weighted by atomic mass is 9.78. The average Bonchev–Trinajstić information content (AvgIpc) is 3.57. The zero-order chi connectivity index (χ0) is 23.1. The van der Waals surface area contributed by atoms with Crippen LogP contribution in [-0.4, -0.2) is 24.1 Å². The van der Waals surface area contributed by atoms with Gasteiger partial charge < -0.3 is 9.47 Å². The van der Waals surface area contributed by atoms with Crippen LogP contribution in [0.2, 0.25) is 0 Å². The van der Waals surface area contributed by atoms with E-state index in [1.54, 1.807) is 24.3 Å². The monoisotopic (exact) mass is 452 g/mol. The zero-order valence-electron chi connectivity index (χ0n) is 19.0.